The van der Waals surface area contributed by atoms with Crippen LogP contribution in [0.25, 0.3) is 0 Å². The molecule has 0 amide bonds. The summed E-state index contributed by atoms with van der Waals surface area (Å²) < 4.78 is 38.9. The Kier molecular flexibility index (Phi) is 4.38. The standard InChI is InChI=1S/C17H20F3NO/c1-12-5-7-13(8-6-12)21-10-4-9-16(2,3)14(11-21)15(22)17(18,19)20/h4-8,10-11,15,22H,9H2,1-3H3. The summed E-state index contributed by atoms with van der Waals surface area (Å²) >= 11 is 0. The molecule has 1 aromatic rings. The molecule has 0 spiro atoms. The molecule has 1 aliphatic rings. The Morgan fingerprint density at radius 2 is 1.77 bits per heavy atom. The van der Waals surface area contributed by atoms with E-state index in [9.17, 15) is 18.3 Å². The average molecular weight is 311 g/mol. The number of halogens is 3. The van der Waals surface area contributed by atoms with Crippen LogP contribution in [0.2, 0.25) is 0 Å². The molecule has 2 rings (SSSR count). The van der Waals surface area contributed by atoms with Gasteiger partial charge in [-0.1, -0.05) is 37.6 Å². The SMILES string of the molecule is Cc1ccc(N2C=CCC(C)(C)C(C(O)C(F)(F)F)=C2)cc1. The number of aliphatic hydroxyl groups excluding tert-OH is 1. The number of hydrogen-bond acceptors (Lipinski definition) is 2. The van der Waals surface area contributed by atoms with Gasteiger partial charge in [-0.15, -0.1) is 0 Å². The molecule has 0 aliphatic carbocycles. The second-order valence-electron chi connectivity index (χ2n) is 6.24. The van der Waals surface area contributed by atoms with Crippen LogP contribution in [0, 0.1) is 12.3 Å². The number of hydrogen-bond donors (Lipinski definition) is 1. The zero-order valence-corrected chi connectivity index (χ0v) is 12.9. The molecule has 1 unspecified atom stereocenters. The molecule has 120 valence electrons. The van der Waals surface area contributed by atoms with Crippen molar-refractivity contribution in [3.05, 3.63) is 53.9 Å². The molecule has 5 heteroatoms. The number of anilines is 1. The molecule has 0 radical (unpaired) electrons. The molecule has 22 heavy (non-hydrogen) atoms. The molecule has 1 aromatic carbocycles. The van der Waals surface area contributed by atoms with Gasteiger partial charge in [0.25, 0.3) is 0 Å². The number of rotatable bonds is 2. The van der Waals surface area contributed by atoms with Gasteiger partial charge in [-0.05, 0) is 36.5 Å². The summed E-state index contributed by atoms with van der Waals surface area (Å²) in [6, 6.07) is 7.47. The van der Waals surface area contributed by atoms with Gasteiger partial charge in [0, 0.05) is 18.1 Å². The van der Waals surface area contributed by atoms with Gasteiger partial charge in [0.15, 0.2) is 6.10 Å². The zero-order chi connectivity index (χ0) is 16.5. The van der Waals surface area contributed by atoms with Crippen molar-refractivity contribution in [3.8, 4) is 0 Å². The Labute approximate surface area is 128 Å². The monoisotopic (exact) mass is 311 g/mol. The second-order valence-corrected chi connectivity index (χ2v) is 6.24. The molecular formula is C17H20F3NO. The fraction of sp³-hybridized carbons (Fsp3) is 0.412. The van der Waals surface area contributed by atoms with E-state index in [2.05, 4.69) is 0 Å². The Morgan fingerprint density at radius 1 is 1.18 bits per heavy atom. The van der Waals surface area contributed by atoms with Gasteiger partial charge in [-0.2, -0.15) is 13.2 Å². The van der Waals surface area contributed by atoms with Gasteiger partial charge in [-0.3, -0.25) is 0 Å². The van der Waals surface area contributed by atoms with E-state index in [-0.39, 0.29) is 5.57 Å². The maximum Gasteiger partial charge on any atom is 0.418 e. The highest BCUT2D eigenvalue weighted by atomic mass is 19.4. The van der Waals surface area contributed by atoms with Gasteiger partial charge in [0.2, 0.25) is 0 Å². The molecule has 0 saturated heterocycles. The van der Waals surface area contributed by atoms with Crippen LogP contribution in [-0.4, -0.2) is 17.4 Å². The van der Waals surface area contributed by atoms with Crippen molar-refractivity contribution in [2.45, 2.75) is 39.5 Å². The van der Waals surface area contributed by atoms with Crippen molar-refractivity contribution in [1.82, 2.24) is 0 Å². The van der Waals surface area contributed by atoms with E-state index in [4.69, 9.17) is 0 Å². The summed E-state index contributed by atoms with van der Waals surface area (Å²) in [7, 11) is 0. The highest BCUT2D eigenvalue weighted by Crippen LogP contribution is 2.40. The smallest absolute Gasteiger partial charge is 0.379 e. The minimum Gasteiger partial charge on any atom is -0.379 e. The Balaban J connectivity index is 2.45. The first-order chi connectivity index (χ1) is 10.1. The summed E-state index contributed by atoms with van der Waals surface area (Å²) in [6.45, 7) is 5.35. The predicted molar refractivity (Wildman–Crippen MR) is 81.3 cm³/mol. The van der Waals surface area contributed by atoms with Gasteiger partial charge < -0.3 is 10.0 Å². The third kappa shape index (κ3) is 3.53. The number of allylic oxidation sites excluding steroid dienone is 1. The fourth-order valence-corrected chi connectivity index (χ4v) is 2.44. The highest BCUT2D eigenvalue weighted by Gasteiger charge is 2.45. The van der Waals surface area contributed by atoms with Gasteiger partial charge in [0.05, 0.1) is 0 Å². The number of alkyl halides is 3. The quantitative estimate of drug-likeness (QED) is 0.866. The van der Waals surface area contributed by atoms with Crippen molar-refractivity contribution in [2.75, 3.05) is 4.90 Å². The first-order valence-electron chi connectivity index (χ1n) is 7.10. The second kappa shape index (κ2) is 5.80. The molecule has 1 atom stereocenters. The number of benzene rings is 1. The van der Waals surface area contributed by atoms with Crippen LogP contribution < -0.4 is 4.90 Å². The van der Waals surface area contributed by atoms with E-state index < -0.39 is 17.7 Å². The van der Waals surface area contributed by atoms with E-state index in [0.717, 1.165) is 11.3 Å². The summed E-state index contributed by atoms with van der Waals surface area (Å²) in [4.78, 5) is 1.62. The predicted octanol–water partition coefficient (Wildman–Crippen LogP) is 4.55. The van der Waals surface area contributed by atoms with E-state index in [0.29, 0.717) is 6.42 Å². The lowest BCUT2D eigenvalue weighted by molar-refractivity contribution is -0.194. The van der Waals surface area contributed by atoms with Crippen molar-refractivity contribution in [2.24, 2.45) is 5.41 Å². The third-order valence-corrected chi connectivity index (χ3v) is 3.89. The van der Waals surface area contributed by atoms with E-state index in [1.165, 1.54) is 6.20 Å². The minimum atomic E-state index is -4.67. The third-order valence-electron chi connectivity index (χ3n) is 3.89. The normalized spacial score (nSPS) is 19.6. The van der Waals surface area contributed by atoms with Crippen molar-refractivity contribution in [1.29, 1.82) is 0 Å². The van der Waals surface area contributed by atoms with E-state index in [1.54, 1.807) is 24.9 Å². The summed E-state index contributed by atoms with van der Waals surface area (Å²) in [5, 5.41) is 9.73. The minimum absolute atomic E-state index is 0.0365. The van der Waals surface area contributed by atoms with Gasteiger partial charge >= 0.3 is 6.18 Å². The first kappa shape index (κ1) is 16.6. The van der Waals surface area contributed by atoms with Crippen LogP contribution in [0.4, 0.5) is 18.9 Å². The largest absolute Gasteiger partial charge is 0.418 e. The lowest BCUT2D eigenvalue weighted by atomic mass is 9.79. The summed E-state index contributed by atoms with van der Waals surface area (Å²) in [5.41, 5.74) is 1.02. The lowest BCUT2D eigenvalue weighted by Crippen LogP contribution is -2.36. The van der Waals surface area contributed by atoms with Crippen molar-refractivity contribution in [3.63, 3.8) is 0 Å². The van der Waals surface area contributed by atoms with Crippen LogP contribution in [0.5, 0.6) is 0 Å². The average Bonchev–Trinajstić information content (AvgIpc) is 2.56. The zero-order valence-electron chi connectivity index (χ0n) is 12.9. The number of nitrogens with zero attached hydrogens (tertiary/aromatic N) is 1. The molecule has 0 aromatic heterocycles. The molecular weight excluding hydrogens is 291 g/mol. The maximum atomic E-state index is 13.0. The van der Waals surface area contributed by atoms with Crippen LogP contribution in [-0.2, 0) is 0 Å². The molecule has 0 bridgehead atoms. The van der Waals surface area contributed by atoms with Crippen molar-refractivity contribution >= 4 is 5.69 Å². The molecule has 1 N–H and O–H groups in total. The molecule has 0 saturated carbocycles. The lowest BCUT2D eigenvalue weighted by Gasteiger charge is -2.31. The van der Waals surface area contributed by atoms with Gasteiger partial charge in [0.1, 0.15) is 0 Å². The summed E-state index contributed by atoms with van der Waals surface area (Å²) in [6.07, 6.45) is -1.75. The van der Waals surface area contributed by atoms with Crippen LogP contribution in [0.3, 0.4) is 0 Å². The van der Waals surface area contributed by atoms with Crippen molar-refractivity contribution < 1.29 is 18.3 Å². The Hall–Kier alpha value is -1.75. The van der Waals surface area contributed by atoms with Crippen LogP contribution in [0.1, 0.15) is 25.8 Å². The highest BCUT2D eigenvalue weighted by molar-refractivity contribution is 5.54. The molecule has 2 nitrogen and oxygen atoms in total. The van der Waals surface area contributed by atoms with Crippen LogP contribution in [0.15, 0.2) is 48.3 Å². The Morgan fingerprint density at radius 3 is 2.32 bits per heavy atom. The topological polar surface area (TPSA) is 23.5 Å². The first-order valence-corrected chi connectivity index (χ1v) is 7.10. The number of aryl methyl sites for hydroxylation is 1. The maximum absolute atomic E-state index is 13.0. The fourth-order valence-electron chi connectivity index (χ4n) is 2.44. The molecule has 0 fully saturated rings. The number of aliphatic hydroxyl groups is 1. The molecule has 1 heterocycles. The molecule has 1 aliphatic heterocycles. The van der Waals surface area contributed by atoms with Gasteiger partial charge in [-0.25, -0.2) is 0 Å². The van der Waals surface area contributed by atoms with E-state index >= 15 is 0 Å². The van der Waals surface area contributed by atoms with Crippen LogP contribution >= 0.6 is 0 Å². The summed E-state index contributed by atoms with van der Waals surface area (Å²) in [5.74, 6) is 0. The van der Waals surface area contributed by atoms with E-state index in [1.807, 2.05) is 37.3 Å². The Bertz CT molecular complexity index is 585.